The fraction of sp³-hybridized carbons (Fsp3) is 0.400. The predicted molar refractivity (Wildman–Crippen MR) is 91.6 cm³/mol. The summed E-state index contributed by atoms with van der Waals surface area (Å²) >= 11 is 0. The molecule has 2 aromatic rings. The van der Waals surface area contributed by atoms with Crippen LogP contribution in [0, 0.1) is 6.92 Å². The third-order valence-electron chi connectivity index (χ3n) is 5.02. The Labute approximate surface area is 129 Å². The Morgan fingerprint density at radius 3 is 2.05 bits per heavy atom. The van der Waals surface area contributed by atoms with Gasteiger partial charge in [-0.1, -0.05) is 68.4 Å². The van der Waals surface area contributed by atoms with Crippen LogP contribution in [0.25, 0.3) is 0 Å². The minimum atomic E-state index is 0.0591. The summed E-state index contributed by atoms with van der Waals surface area (Å²) in [4.78, 5) is 0. The van der Waals surface area contributed by atoms with Crippen molar-refractivity contribution < 1.29 is 0 Å². The molecule has 1 heteroatoms. The number of hydrogen-bond donors (Lipinski definition) is 1. The highest BCUT2D eigenvalue weighted by Crippen LogP contribution is 2.35. The predicted octanol–water partition coefficient (Wildman–Crippen LogP) is 4.62. The van der Waals surface area contributed by atoms with E-state index in [2.05, 4.69) is 75.4 Å². The first-order valence-corrected chi connectivity index (χ1v) is 7.99. The minimum Gasteiger partial charge on any atom is -0.327 e. The Morgan fingerprint density at radius 1 is 0.905 bits per heavy atom. The summed E-state index contributed by atoms with van der Waals surface area (Å²) < 4.78 is 0. The van der Waals surface area contributed by atoms with Crippen LogP contribution in [0.4, 0.5) is 0 Å². The van der Waals surface area contributed by atoms with Gasteiger partial charge >= 0.3 is 0 Å². The summed E-state index contributed by atoms with van der Waals surface area (Å²) in [7, 11) is 0. The molecule has 112 valence electrons. The summed E-state index contributed by atoms with van der Waals surface area (Å²) in [5, 5.41) is 0. The molecule has 2 aromatic carbocycles. The zero-order valence-electron chi connectivity index (χ0n) is 13.5. The van der Waals surface area contributed by atoms with Gasteiger partial charge in [-0.3, -0.25) is 0 Å². The minimum absolute atomic E-state index is 0.0591. The number of nitrogens with two attached hydrogens (primary N) is 1. The monoisotopic (exact) mass is 281 g/mol. The molecule has 0 bridgehead atoms. The molecule has 21 heavy (non-hydrogen) atoms. The first kappa shape index (κ1) is 15.8. The van der Waals surface area contributed by atoms with Crippen molar-refractivity contribution in [1.82, 2.24) is 0 Å². The van der Waals surface area contributed by atoms with Crippen LogP contribution in [0.5, 0.6) is 0 Å². The van der Waals surface area contributed by atoms with E-state index in [9.17, 15) is 0 Å². The first-order chi connectivity index (χ1) is 10.1. The third-order valence-corrected chi connectivity index (χ3v) is 5.02. The molecule has 0 amide bonds. The van der Waals surface area contributed by atoms with E-state index in [1.807, 2.05) is 0 Å². The van der Waals surface area contributed by atoms with Crippen molar-refractivity contribution in [1.29, 1.82) is 0 Å². The molecular formula is C20H27N. The molecule has 0 fully saturated rings. The maximum absolute atomic E-state index is 6.71. The zero-order valence-corrected chi connectivity index (χ0v) is 13.5. The Balaban J connectivity index is 2.32. The van der Waals surface area contributed by atoms with E-state index >= 15 is 0 Å². The van der Waals surface area contributed by atoms with Crippen LogP contribution in [0.15, 0.2) is 54.6 Å². The molecule has 0 aliphatic carbocycles. The SMILES string of the molecule is CCC(CC)(c1ccccc1)C(N)Cc1ccccc1C. The highest BCUT2D eigenvalue weighted by Gasteiger charge is 2.35. The van der Waals surface area contributed by atoms with Crippen molar-refractivity contribution in [2.24, 2.45) is 5.73 Å². The quantitative estimate of drug-likeness (QED) is 0.821. The third kappa shape index (κ3) is 3.19. The van der Waals surface area contributed by atoms with Gasteiger partial charge in [0.2, 0.25) is 0 Å². The number of hydrogen-bond acceptors (Lipinski definition) is 1. The van der Waals surface area contributed by atoms with E-state index in [-0.39, 0.29) is 11.5 Å². The molecule has 0 saturated carbocycles. The van der Waals surface area contributed by atoms with Gasteiger partial charge < -0.3 is 5.73 Å². The number of rotatable bonds is 6. The largest absolute Gasteiger partial charge is 0.327 e. The molecule has 0 radical (unpaired) electrons. The lowest BCUT2D eigenvalue weighted by molar-refractivity contribution is 0.314. The highest BCUT2D eigenvalue weighted by atomic mass is 14.7. The lowest BCUT2D eigenvalue weighted by atomic mass is 9.68. The Hall–Kier alpha value is -1.60. The van der Waals surface area contributed by atoms with Crippen molar-refractivity contribution in [3.05, 3.63) is 71.3 Å². The van der Waals surface area contributed by atoms with Crippen LogP contribution >= 0.6 is 0 Å². The molecule has 0 spiro atoms. The molecule has 0 aliphatic heterocycles. The smallest absolute Gasteiger partial charge is 0.0177 e. The van der Waals surface area contributed by atoms with Crippen molar-refractivity contribution in [3.8, 4) is 0 Å². The number of benzene rings is 2. The summed E-state index contributed by atoms with van der Waals surface area (Å²) in [6.07, 6.45) is 3.07. The Kier molecular flexibility index (Phi) is 5.19. The second-order valence-corrected chi connectivity index (χ2v) is 5.97. The molecule has 2 N–H and O–H groups in total. The van der Waals surface area contributed by atoms with Gasteiger partial charge in [-0.2, -0.15) is 0 Å². The van der Waals surface area contributed by atoms with Gasteiger partial charge in [-0.05, 0) is 42.9 Å². The standard InChI is InChI=1S/C20H27N/c1-4-20(5-2,18-13-7-6-8-14-18)19(21)15-17-12-10-9-11-16(17)3/h6-14,19H,4-5,15,21H2,1-3H3. The van der Waals surface area contributed by atoms with Crippen LogP contribution in [-0.4, -0.2) is 6.04 Å². The lowest BCUT2D eigenvalue weighted by Gasteiger charge is -2.38. The van der Waals surface area contributed by atoms with Gasteiger partial charge in [0.1, 0.15) is 0 Å². The number of aryl methyl sites for hydroxylation is 1. The first-order valence-electron chi connectivity index (χ1n) is 7.99. The van der Waals surface area contributed by atoms with Crippen LogP contribution in [0.1, 0.15) is 43.4 Å². The normalized spacial score (nSPS) is 13.1. The topological polar surface area (TPSA) is 26.0 Å². The van der Waals surface area contributed by atoms with E-state index in [1.165, 1.54) is 16.7 Å². The van der Waals surface area contributed by atoms with Crippen molar-refractivity contribution >= 4 is 0 Å². The lowest BCUT2D eigenvalue weighted by Crippen LogP contribution is -2.46. The molecule has 1 atom stereocenters. The highest BCUT2D eigenvalue weighted by molar-refractivity contribution is 5.31. The second kappa shape index (κ2) is 6.91. The average molecular weight is 281 g/mol. The Morgan fingerprint density at radius 2 is 1.48 bits per heavy atom. The Bertz CT molecular complexity index is 555. The van der Waals surface area contributed by atoms with Gasteiger partial charge in [0.15, 0.2) is 0 Å². The van der Waals surface area contributed by atoms with E-state index in [0.717, 1.165) is 19.3 Å². The maximum Gasteiger partial charge on any atom is 0.0177 e. The summed E-state index contributed by atoms with van der Waals surface area (Å²) in [6, 6.07) is 19.5. The molecule has 0 aromatic heterocycles. The van der Waals surface area contributed by atoms with Gasteiger partial charge in [0.05, 0.1) is 0 Å². The van der Waals surface area contributed by atoms with Crippen molar-refractivity contribution in [2.45, 2.75) is 51.5 Å². The summed E-state index contributed by atoms with van der Waals surface area (Å²) in [6.45, 7) is 6.69. The summed E-state index contributed by atoms with van der Waals surface area (Å²) in [5.41, 5.74) is 10.8. The van der Waals surface area contributed by atoms with Crippen LogP contribution < -0.4 is 5.73 Å². The van der Waals surface area contributed by atoms with Crippen LogP contribution in [0.2, 0.25) is 0 Å². The molecule has 1 nitrogen and oxygen atoms in total. The van der Waals surface area contributed by atoms with E-state index in [0.29, 0.717) is 0 Å². The van der Waals surface area contributed by atoms with Crippen LogP contribution in [0.3, 0.4) is 0 Å². The van der Waals surface area contributed by atoms with Gasteiger partial charge in [-0.15, -0.1) is 0 Å². The fourth-order valence-electron chi connectivity index (χ4n) is 3.44. The van der Waals surface area contributed by atoms with E-state index in [4.69, 9.17) is 5.73 Å². The second-order valence-electron chi connectivity index (χ2n) is 5.97. The van der Waals surface area contributed by atoms with E-state index in [1.54, 1.807) is 0 Å². The molecule has 1 unspecified atom stereocenters. The van der Waals surface area contributed by atoms with Crippen molar-refractivity contribution in [3.63, 3.8) is 0 Å². The fourth-order valence-corrected chi connectivity index (χ4v) is 3.44. The van der Waals surface area contributed by atoms with Gasteiger partial charge in [0.25, 0.3) is 0 Å². The van der Waals surface area contributed by atoms with E-state index < -0.39 is 0 Å². The average Bonchev–Trinajstić information content (AvgIpc) is 2.52. The van der Waals surface area contributed by atoms with Gasteiger partial charge in [-0.25, -0.2) is 0 Å². The molecule has 0 saturated heterocycles. The molecule has 2 rings (SSSR count). The van der Waals surface area contributed by atoms with Crippen LogP contribution in [-0.2, 0) is 11.8 Å². The summed E-state index contributed by atoms with van der Waals surface area (Å²) in [5.74, 6) is 0. The van der Waals surface area contributed by atoms with Gasteiger partial charge in [0, 0.05) is 11.5 Å². The zero-order chi connectivity index (χ0) is 15.3. The van der Waals surface area contributed by atoms with Crippen molar-refractivity contribution in [2.75, 3.05) is 0 Å². The molecule has 0 heterocycles. The molecule has 0 aliphatic rings. The molecular weight excluding hydrogens is 254 g/mol. The maximum atomic E-state index is 6.71.